The molecule has 0 spiro atoms. The summed E-state index contributed by atoms with van der Waals surface area (Å²) in [6, 6.07) is 7.10. The smallest absolute Gasteiger partial charge is 0.379 e. The SMILES string of the molecule is Cc1ccc(F)cc1C[N+](=O)c1cnc(-c2cc(O)c(O)cc2C)cn1. The van der Waals surface area contributed by atoms with Gasteiger partial charge in [-0.25, -0.2) is 9.37 Å². The van der Waals surface area contributed by atoms with Crippen molar-refractivity contribution in [1.29, 1.82) is 0 Å². The van der Waals surface area contributed by atoms with Crippen molar-refractivity contribution in [1.82, 2.24) is 9.97 Å². The van der Waals surface area contributed by atoms with Gasteiger partial charge in [0, 0.05) is 11.1 Å². The summed E-state index contributed by atoms with van der Waals surface area (Å²) in [6.07, 6.45) is 2.73. The van der Waals surface area contributed by atoms with Gasteiger partial charge in [-0.3, -0.25) is 0 Å². The van der Waals surface area contributed by atoms with E-state index in [0.717, 1.165) is 5.56 Å². The van der Waals surface area contributed by atoms with Crippen LogP contribution in [0, 0.1) is 24.6 Å². The highest BCUT2D eigenvalue weighted by Gasteiger charge is 2.18. The fraction of sp³-hybridized carbons (Fsp3) is 0.158. The average molecular weight is 354 g/mol. The van der Waals surface area contributed by atoms with Gasteiger partial charge in [-0.2, -0.15) is 0 Å². The fourth-order valence-electron chi connectivity index (χ4n) is 2.59. The highest BCUT2D eigenvalue weighted by Crippen LogP contribution is 2.33. The van der Waals surface area contributed by atoms with Gasteiger partial charge in [0.15, 0.2) is 24.2 Å². The van der Waals surface area contributed by atoms with Crippen molar-refractivity contribution in [3.8, 4) is 22.8 Å². The van der Waals surface area contributed by atoms with E-state index < -0.39 is 5.82 Å². The Hall–Kier alpha value is -3.35. The molecule has 0 fully saturated rings. The third-order valence-electron chi connectivity index (χ3n) is 4.12. The summed E-state index contributed by atoms with van der Waals surface area (Å²) in [6.45, 7) is 3.52. The number of aromatic hydroxyl groups is 2. The van der Waals surface area contributed by atoms with E-state index in [-0.39, 0.29) is 23.9 Å². The van der Waals surface area contributed by atoms with Crippen LogP contribution in [0.1, 0.15) is 16.7 Å². The molecule has 26 heavy (non-hydrogen) atoms. The molecular weight excluding hydrogens is 337 g/mol. The number of hydrogen-bond acceptors (Lipinski definition) is 5. The Morgan fingerprint density at radius 3 is 2.42 bits per heavy atom. The number of aryl methyl sites for hydroxylation is 2. The van der Waals surface area contributed by atoms with Crippen LogP contribution in [0.5, 0.6) is 11.5 Å². The summed E-state index contributed by atoms with van der Waals surface area (Å²) in [5.74, 6) is -0.781. The van der Waals surface area contributed by atoms with Crippen molar-refractivity contribution >= 4 is 5.82 Å². The Bertz CT molecular complexity index is 988. The highest BCUT2D eigenvalue weighted by molar-refractivity contribution is 5.67. The first-order chi connectivity index (χ1) is 12.3. The second-order valence-corrected chi connectivity index (χ2v) is 6.02. The Morgan fingerprint density at radius 1 is 1.00 bits per heavy atom. The average Bonchev–Trinajstić information content (AvgIpc) is 2.61. The molecule has 1 heterocycles. The second kappa shape index (κ2) is 6.87. The maximum absolute atomic E-state index is 13.4. The van der Waals surface area contributed by atoms with Crippen molar-refractivity contribution in [2.45, 2.75) is 20.4 Å². The lowest BCUT2D eigenvalue weighted by Gasteiger charge is -2.06. The topological polar surface area (TPSA) is 86.3 Å². The van der Waals surface area contributed by atoms with E-state index >= 15 is 0 Å². The normalized spacial score (nSPS) is 10.7. The maximum atomic E-state index is 13.4. The third-order valence-corrected chi connectivity index (χ3v) is 4.12. The number of hydrogen-bond donors (Lipinski definition) is 2. The van der Waals surface area contributed by atoms with Crippen LogP contribution in [0.2, 0.25) is 0 Å². The summed E-state index contributed by atoms with van der Waals surface area (Å²) in [5, 5.41) is 19.2. The van der Waals surface area contributed by atoms with Gasteiger partial charge in [-0.15, -0.1) is 0 Å². The summed E-state index contributed by atoms with van der Waals surface area (Å²) >= 11 is 0. The number of phenolic OH excluding ortho intramolecular Hbond substituents is 2. The van der Waals surface area contributed by atoms with Crippen LogP contribution in [-0.4, -0.2) is 24.9 Å². The Labute approximate surface area is 149 Å². The molecule has 0 aliphatic heterocycles. The van der Waals surface area contributed by atoms with Crippen LogP contribution < -0.4 is 0 Å². The zero-order chi connectivity index (χ0) is 18.8. The minimum absolute atomic E-state index is 0.0450. The van der Waals surface area contributed by atoms with Gasteiger partial charge >= 0.3 is 5.82 Å². The van der Waals surface area contributed by atoms with E-state index in [4.69, 9.17) is 0 Å². The minimum Gasteiger partial charge on any atom is -0.504 e. The molecule has 132 valence electrons. The van der Waals surface area contributed by atoms with Gasteiger partial charge in [0.1, 0.15) is 17.7 Å². The zero-order valence-corrected chi connectivity index (χ0v) is 14.3. The maximum Gasteiger partial charge on any atom is 0.379 e. The molecule has 3 aromatic rings. The van der Waals surface area contributed by atoms with Crippen molar-refractivity contribution in [2.24, 2.45) is 0 Å². The molecule has 3 rings (SSSR count). The number of rotatable bonds is 4. The molecule has 2 aromatic carbocycles. The largest absolute Gasteiger partial charge is 0.504 e. The molecule has 0 bridgehead atoms. The number of phenols is 2. The second-order valence-electron chi connectivity index (χ2n) is 6.02. The monoisotopic (exact) mass is 354 g/mol. The molecule has 0 amide bonds. The van der Waals surface area contributed by atoms with Crippen molar-refractivity contribution in [3.05, 3.63) is 70.1 Å². The summed E-state index contributed by atoms with van der Waals surface area (Å²) in [4.78, 5) is 20.6. The molecule has 7 heteroatoms. The first-order valence-corrected chi connectivity index (χ1v) is 7.90. The Morgan fingerprint density at radius 2 is 1.73 bits per heavy atom. The van der Waals surface area contributed by atoms with Gasteiger partial charge in [0.05, 0.1) is 0 Å². The summed E-state index contributed by atoms with van der Waals surface area (Å²) in [7, 11) is 0. The Kier molecular flexibility index (Phi) is 4.62. The molecule has 2 N–H and O–H groups in total. The molecular formula is C19H17FN3O3+. The number of aromatic nitrogens is 2. The molecule has 6 nitrogen and oxygen atoms in total. The van der Waals surface area contributed by atoms with Gasteiger partial charge in [0.2, 0.25) is 0 Å². The van der Waals surface area contributed by atoms with Crippen LogP contribution >= 0.6 is 0 Å². The van der Waals surface area contributed by atoms with E-state index in [1.807, 2.05) is 0 Å². The lowest BCUT2D eigenvalue weighted by molar-refractivity contribution is -0.484. The van der Waals surface area contributed by atoms with E-state index in [9.17, 15) is 19.5 Å². The fourth-order valence-corrected chi connectivity index (χ4v) is 2.59. The third kappa shape index (κ3) is 3.51. The van der Waals surface area contributed by atoms with E-state index in [0.29, 0.717) is 27.1 Å². The molecule has 0 aliphatic rings. The van der Waals surface area contributed by atoms with Gasteiger partial charge < -0.3 is 10.2 Å². The first kappa shape index (κ1) is 17.5. The number of halogens is 1. The quantitative estimate of drug-likeness (QED) is 0.548. The van der Waals surface area contributed by atoms with E-state index in [1.54, 1.807) is 19.9 Å². The predicted octanol–water partition coefficient (Wildman–Crippen LogP) is 3.92. The van der Waals surface area contributed by atoms with E-state index in [1.165, 1.54) is 36.7 Å². The van der Waals surface area contributed by atoms with Crippen LogP contribution in [0.4, 0.5) is 10.2 Å². The molecule has 0 atom stereocenters. The first-order valence-electron chi connectivity index (χ1n) is 7.90. The van der Waals surface area contributed by atoms with E-state index in [2.05, 4.69) is 9.97 Å². The lowest BCUT2D eigenvalue weighted by atomic mass is 10.1. The molecule has 0 saturated carbocycles. The van der Waals surface area contributed by atoms with Crippen molar-refractivity contribution in [3.63, 3.8) is 0 Å². The van der Waals surface area contributed by atoms with Gasteiger partial charge in [0.25, 0.3) is 0 Å². The molecule has 0 radical (unpaired) electrons. The predicted molar refractivity (Wildman–Crippen MR) is 93.7 cm³/mol. The number of nitrogens with zero attached hydrogens (tertiary/aromatic N) is 3. The van der Waals surface area contributed by atoms with Gasteiger partial charge in [-0.1, -0.05) is 11.0 Å². The molecule has 1 aromatic heterocycles. The number of benzene rings is 2. The van der Waals surface area contributed by atoms with Gasteiger partial charge in [-0.05, 0) is 59.0 Å². The molecule has 0 aliphatic carbocycles. The zero-order valence-electron chi connectivity index (χ0n) is 14.3. The van der Waals surface area contributed by atoms with Crippen molar-refractivity contribution in [2.75, 3.05) is 0 Å². The minimum atomic E-state index is -0.400. The van der Waals surface area contributed by atoms with Crippen LogP contribution in [-0.2, 0) is 6.54 Å². The molecule has 0 saturated heterocycles. The summed E-state index contributed by atoms with van der Waals surface area (Å²) in [5.41, 5.74) is 3.14. The number of nitroso groups, excluding NO2 is 1. The Balaban J connectivity index is 1.84. The standard InChI is InChI=1S/C19H16FN3O3/c1-11-3-4-14(20)6-13(11)10-23(26)19-9-21-16(8-22-19)15-7-18(25)17(24)5-12(15)2/h3-9H,10H2,1-2H3,(H-,21,22,24,25,26)/p+1. The van der Waals surface area contributed by atoms with Crippen LogP contribution in [0.3, 0.4) is 0 Å². The van der Waals surface area contributed by atoms with Crippen molar-refractivity contribution < 1.29 is 19.4 Å². The highest BCUT2D eigenvalue weighted by atomic mass is 19.1. The van der Waals surface area contributed by atoms with Crippen LogP contribution in [0.25, 0.3) is 11.3 Å². The summed E-state index contributed by atoms with van der Waals surface area (Å²) < 4.78 is 14.0. The van der Waals surface area contributed by atoms with Crippen LogP contribution in [0.15, 0.2) is 42.7 Å². The lowest BCUT2D eigenvalue weighted by Crippen LogP contribution is -2.05. The molecule has 0 unspecified atom stereocenters.